The number of ether oxygens (including phenoxy) is 2. The van der Waals surface area contributed by atoms with Gasteiger partial charge in [0.2, 0.25) is 5.95 Å². The van der Waals surface area contributed by atoms with Crippen LogP contribution >= 0.6 is 11.6 Å². The molecule has 2 heterocycles. The monoisotopic (exact) mass is 531 g/mol. The topological polar surface area (TPSA) is 131 Å². The molecule has 37 heavy (non-hydrogen) atoms. The van der Waals surface area contributed by atoms with Crippen LogP contribution in [0.25, 0.3) is 11.0 Å². The highest BCUT2D eigenvalue weighted by Crippen LogP contribution is 2.27. The Balaban J connectivity index is 1.43. The second-order valence-electron chi connectivity index (χ2n) is 8.61. The van der Waals surface area contributed by atoms with Crippen molar-refractivity contribution < 1.29 is 23.5 Å². The smallest absolute Gasteiger partial charge is 0.319 e. The Morgan fingerprint density at radius 2 is 1.78 bits per heavy atom. The van der Waals surface area contributed by atoms with E-state index in [1.54, 1.807) is 17.2 Å². The van der Waals surface area contributed by atoms with E-state index < -0.39 is 17.8 Å². The van der Waals surface area contributed by atoms with E-state index >= 15 is 0 Å². The van der Waals surface area contributed by atoms with Crippen LogP contribution in [0, 0.1) is 5.82 Å². The highest BCUT2D eigenvalue weighted by Gasteiger charge is 2.29. The van der Waals surface area contributed by atoms with Crippen molar-refractivity contribution in [1.29, 1.82) is 0 Å². The molecule has 0 unspecified atom stereocenters. The summed E-state index contributed by atoms with van der Waals surface area (Å²) in [6.45, 7) is 0.0500. The maximum atomic E-state index is 13.5. The molecule has 4 rings (SSSR count). The highest BCUT2D eigenvalue weighted by molar-refractivity contribution is 6.31. The van der Waals surface area contributed by atoms with Crippen LogP contribution in [0.2, 0.25) is 5.02 Å². The third kappa shape index (κ3) is 6.77. The van der Waals surface area contributed by atoms with Crippen molar-refractivity contribution in [2.75, 3.05) is 37.9 Å². The Morgan fingerprint density at radius 3 is 2.43 bits per heavy atom. The van der Waals surface area contributed by atoms with Crippen molar-refractivity contribution in [3.8, 4) is 0 Å². The van der Waals surface area contributed by atoms with Gasteiger partial charge in [0.05, 0.1) is 38.5 Å². The summed E-state index contributed by atoms with van der Waals surface area (Å²) in [5, 5.41) is 6.46. The lowest BCUT2D eigenvalue weighted by Gasteiger charge is -2.35. The van der Waals surface area contributed by atoms with Gasteiger partial charge in [-0.25, -0.2) is 24.3 Å². The Kier molecular flexibility index (Phi) is 8.62. The molecule has 2 aromatic heterocycles. The molecule has 0 radical (unpaired) electrons. The molecule has 1 fully saturated rings. The van der Waals surface area contributed by atoms with Crippen LogP contribution in [0.5, 0.6) is 0 Å². The number of benzene rings is 1. The van der Waals surface area contributed by atoms with E-state index in [9.17, 15) is 14.0 Å². The average Bonchev–Trinajstić information content (AvgIpc) is 2.91. The molecule has 0 aliphatic heterocycles. The minimum absolute atomic E-state index is 0.00677. The first kappa shape index (κ1) is 26.4. The maximum Gasteiger partial charge on any atom is 0.319 e. The Hall–Kier alpha value is -3.64. The number of esters is 2. The molecule has 1 aliphatic rings. The summed E-state index contributed by atoms with van der Waals surface area (Å²) in [7, 11) is 2.65. The third-order valence-corrected chi connectivity index (χ3v) is 6.52. The van der Waals surface area contributed by atoms with Gasteiger partial charge in [-0.05, 0) is 43.9 Å². The Bertz CT molecular complexity index is 1260. The van der Waals surface area contributed by atoms with E-state index in [0.29, 0.717) is 28.5 Å². The van der Waals surface area contributed by atoms with Gasteiger partial charge in [-0.15, -0.1) is 0 Å². The van der Waals surface area contributed by atoms with Gasteiger partial charge in [-0.2, -0.15) is 0 Å². The lowest BCUT2D eigenvalue weighted by atomic mass is 9.90. The first-order chi connectivity index (χ1) is 17.9. The fourth-order valence-electron chi connectivity index (χ4n) is 4.27. The first-order valence-corrected chi connectivity index (χ1v) is 12.1. The van der Waals surface area contributed by atoms with Gasteiger partial charge in [0, 0.05) is 17.8 Å². The van der Waals surface area contributed by atoms with Crippen molar-refractivity contribution in [3.63, 3.8) is 0 Å². The molecule has 11 nitrogen and oxygen atoms in total. The average molecular weight is 532 g/mol. The Morgan fingerprint density at radius 1 is 1.08 bits per heavy atom. The summed E-state index contributed by atoms with van der Waals surface area (Å²) in [6, 6.07) is 4.43. The van der Waals surface area contributed by atoms with Gasteiger partial charge in [0.25, 0.3) is 0 Å². The van der Waals surface area contributed by atoms with Crippen LogP contribution < -0.4 is 10.6 Å². The minimum atomic E-state index is -0.512. The molecule has 0 amide bonds. The lowest BCUT2D eigenvalue weighted by Crippen LogP contribution is -2.45. The second kappa shape index (κ2) is 12.1. The normalized spacial score (nSPS) is 17.4. The summed E-state index contributed by atoms with van der Waals surface area (Å²) in [4.78, 5) is 43.0. The van der Waals surface area contributed by atoms with Crippen molar-refractivity contribution in [3.05, 3.63) is 41.6 Å². The standard InChI is InChI=1S/C24H27ClFN7O4/c1-36-20(34)11-33(12-21(35)37-2)16-6-3-14(4-7-16)31-24-27-10-19-22(32-24)23(29-13-28-19)30-15-5-8-18(26)17(25)9-15/h5,8-10,13-14,16H,3-4,6-7,11-12H2,1-2H3,(H,27,31,32)(H,28,29,30). The number of nitrogens with one attached hydrogen (secondary N) is 2. The van der Waals surface area contributed by atoms with Crippen molar-refractivity contribution in [2.24, 2.45) is 0 Å². The van der Waals surface area contributed by atoms with Gasteiger partial charge in [-0.3, -0.25) is 14.5 Å². The SMILES string of the molecule is COC(=O)CN(CC(=O)OC)C1CCC(Nc2ncc3ncnc(Nc4ccc(F)c(Cl)c4)c3n2)CC1. The molecule has 1 aliphatic carbocycles. The fraction of sp³-hybridized carbons (Fsp3) is 0.417. The minimum Gasteiger partial charge on any atom is -0.468 e. The maximum absolute atomic E-state index is 13.5. The number of hydrogen-bond acceptors (Lipinski definition) is 11. The molecule has 3 aromatic rings. The number of hydrogen-bond donors (Lipinski definition) is 2. The number of anilines is 3. The quantitative estimate of drug-likeness (QED) is 0.394. The summed E-state index contributed by atoms with van der Waals surface area (Å²) in [5.74, 6) is -0.455. The van der Waals surface area contributed by atoms with Crippen LogP contribution in [-0.2, 0) is 19.1 Å². The molecule has 0 atom stereocenters. The number of halogens is 2. The van der Waals surface area contributed by atoms with Crippen LogP contribution in [-0.4, -0.2) is 76.2 Å². The number of rotatable bonds is 9. The van der Waals surface area contributed by atoms with Gasteiger partial charge >= 0.3 is 11.9 Å². The predicted octanol–water partition coefficient (Wildman–Crippen LogP) is 3.33. The van der Waals surface area contributed by atoms with Crippen LogP contribution in [0.1, 0.15) is 25.7 Å². The predicted molar refractivity (Wildman–Crippen MR) is 135 cm³/mol. The molecular weight excluding hydrogens is 505 g/mol. The number of nitrogens with zero attached hydrogens (tertiary/aromatic N) is 5. The summed E-state index contributed by atoms with van der Waals surface area (Å²) in [5.41, 5.74) is 1.60. The van der Waals surface area contributed by atoms with Crippen molar-refractivity contribution in [2.45, 2.75) is 37.8 Å². The molecule has 0 bridgehead atoms. The van der Waals surface area contributed by atoms with Crippen LogP contribution in [0.15, 0.2) is 30.7 Å². The Labute approximate surface area is 217 Å². The van der Waals surface area contributed by atoms with Gasteiger partial charge in [0.15, 0.2) is 5.82 Å². The van der Waals surface area contributed by atoms with Gasteiger partial charge in [-0.1, -0.05) is 11.6 Å². The van der Waals surface area contributed by atoms with E-state index in [-0.39, 0.29) is 30.2 Å². The van der Waals surface area contributed by atoms with E-state index in [0.717, 1.165) is 25.7 Å². The number of methoxy groups -OCH3 is 2. The van der Waals surface area contributed by atoms with E-state index in [2.05, 4.69) is 30.6 Å². The number of carbonyl (C=O) groups excluding carboxylic acids is 2. The molecule has 1 saturated carbocycles. The van der Waals surface area contributed by atoms with Crippen LogP contribution in [0.3, 0.4) is 0 Å². The molecule has 2 N–H and O–H groups in total. The second-order valence-corrected chi connectivity index (χ2v) is 9.02. The van der Waals surface area contributed by atoms with E-state index in [1.807, 2.05) is 0 Å². The molecule has 0 saturated heterocycles. The third-order valence-electron chi connectivity index (χ3n) is 6.23. The van der Waals surface area contributed by atoms with E-state index in [4.69, 9.17) is 21.1 Å². The number of aromatic nitrogens is 4. The highest BCUT2D eigenvalue weighted by atomic mass is 35.5. The largest absolute Gasteiger partial charge is 0.468 e. The molecule has 1 aromatic carbocycles. The number of fused-ring (bicyclic) bond motifs is 1. The molecule has 196 valence electrons. The summed E-state index contributed by atoms with van der Waals surface area (Å²) >= 11 is 5.89. The fourth-order valence-corrected chi connectivity index (χ4v) is 4.45. The molecular formula is C24H27ClFN7O4. The van der Waals surface area contributed by atoms with Crippen molar-refractivity contribution >= 4 is 52.0 Å². The van der Waals surface area contributed by atoms with Gasteiger partial charge < -0.3 is 20.1 Å². The molecule has 0 spiro atoms. The summed E-state index contributed by atoms with van der Waals surface area (Å²) < 4.78 is 23.1. The summed E-state index contributed by atoms with van der Waals surface area (Å²) in [6.07, 6.45) is 6.10. The zero-order valence-corrected chi connectivity index (χ0v) is 21.2. The van der Waals surface area contributed by atoms with Gasteiger partial charge in [0.1, 0.15) is 23.2 Å². The molecule has 13 heteroatoms. The van der Waals surface area contributed by atoms with E-state index in [1.165, 1.54) is 32.7 Å². The lowest BCUT2D eigenvalue weighted by molar-refractivity contribution is -0.147. The van der Waals surface area contributed by atoms with Crippen LogP contribution in [0.4, 0.5) is 21.8 Å². The zero-order valence-electron chi connectivity index (χ0n) is 20.4. The zero-order chi connectivity index (χ0) is 26.4. The number of carbonyl (C=O) groups is 2. The first-order valence-electron chi connectivity index (χ1n) is 11.7. The van der Waals surface area contributed by atoms with Crippen molar-refractivity contribution in [1.82, 2.24) is 24.8 Å².